The van der Waals surface area contributed by atoms with Crippen LogP contribution in [0.15, 0.2) is 30.3 Å². The van der Waals surface area contributed by atoms with E-state index < -0.39 is 0 Å². The van der Waals surface area contributed by atoms with Gasteiger partial charge in [-0.15, -0.1) is 0 Å². The Labute approximate surface area is 111 Å². The maximum absolute atomic E-state index is 2.81. The van der Waals surface area contributed by atoms with Crippen molar-refractivity contribution < 1.29 is 0 Å². The molecular weight excluding hydrogens is 218 g/mol. The molecule has 98 valence electrons. The highest BCUT2D eigenvalue weighted by molar-refractivity contribution is 5.16. The minimum Gasteiger partial charge on any atom is -0.293 e. The van der Waals surface area contributed by atoms with E-state index in [0.29, 0.717) is 5.54 Å². The van der Waals surface area contributed by atoms with Crippen molar-refractivity contribution in [2.24, 2.45) is 5.92 Å². The maximum atomic E-state index is 2.81. The summed E-state index contributed by atoms with van der Waals surface area (Å²) in [5, 5.41) is 0. The summed E-state index contributed by atoms with van der Waals surface area (Å²) in [6, 6.07) is 11.0. The smallest absolute Gasteiger partial charge is 0.0239 e. The Balaban J connectivity index is 1.80. The molecule has 0 bridgehead atoms. The first-order valence-corrected chi connectivity index (χ1v) is 7.60. The second-order valence-electron chi connectivity index (χ2n) is 6.26. The molecule has 2 atom stereocenters. The van der Waals surface area contributed by atoms with E-state index in [4.69, 9.17) is 0 Å². The van der Waals surface area contributed by atoms with Gasteiger partial charge in [0.25, 0.3) is 0 Å². The fraction of sp³-hybridized carbons (Fsp3) is 0.647. The van der Waals surface area contributed by atoms with Gasteiger partial charge in [0, 0.05) is 12.1 Å². The molecule has 0 amide bonds. The minimum atomic E-state index is 0.536. The molecule has 2 fully saturated rings. The zero-order valence-corrected chi connectivity index (χ0v) is 11.6. The fourth-order valence-corrected chi connectivity index (χ4v) is 4.23. The van der Waals surface area contributed by atoms with E-state index in [1.165, 1.54) is 50.6 Å². The quantitative estimate of drug-likeness (QED) is 0.751. The standard InChI is InChI=1S/C17H25N/c1-15-8-7-12-17(15)11-5-6-13-18(17)14-16-9-3-2-4-10-16/h2-4,9-10,15H,5-8,11-14H2,1H3/t15-,17+/m1/s1. The Morgan fingerprint density at radius 1 is 1.11 bits per heavy atom. The molecule has 1 aromatic carbocycles. The van der Waals surface area contributed by atoms with Crippen molar-refractivity contribution >= 4 is 0 Å². The molecule has 0 unspecified atom stereocenters. The Kier molecular flexibility index (Phi) is 3.43. The Morgan fingerprint density at radius 2 is 1.89 bits per heavy atom. The van der Waals surface area contributed by atoms with Crippen LogP contribution >= 0.6 is 0 Å². The highest BCUT2D eigenvalue weighted by Crippen LogP contribution is 2.46. The predicted molar refractivity (Wildman–Crippen MR) is 76.4 cm³/mol. The molecule has 0 aromatic heterocycles. The summed E-state index contributed by atoms with van der Waals surface area (Å²) >= 11 is 0. The van der Waals surface area contributed by atoms with Crippen LogP contribution in [0.2, 0.25) is 0 Å². The topological polar surface area (TPSA) is 3.24 Å². The van der Waals surface area contributed by atoms with Gasteiger partial charge in [-0.05, 0) is 43.7 Å². The molecule has 2 aliphatic rings. The van der Waals surface area contributed by atoms with Gasteiger partial charge in [0.15, 0.2) is 0 Å². The summed E-state index contributed by atoms with van der Waals surface area (Å²) < 4.78 is 0. The molecule has 18 heavy (non-hydrogen) atoms. The third-order valence-electron chi connectivity index (χ3n) is 5.30. The summed E-state index contributed by atoms with van der Waals surface area (Å²) in [5.74, 6) is 0.890. The fourth-order valence-electron chi connectivity index (χ4n) is 4.23. The SMILES string of the molecule is C[C@@H]1CCC[C@@]12CCCCN2Cc1ccccc1. The van der Waals surface area contributed by atoms with Crippen molar-refractivity contribution in [1.29, 1.82) is 0 Å². The molecule has 1 saturated carbocycles. The van der Waals surface area contributed by atoms with E-state index in [1.807, 2.05) is 0 Å². The van der Waals surface area contributed by atoms with Crippen molar-refractivity contribution in [3.05, 3.63) is 35.9 Å². The van der Waals surface area contributed by atoms with Crippen LogP contribution in [0.1, 0.15) is 51.0 Å². The maximum Gasteiger partial charge on any atom is 0.0239 e. The third-order valence-corrected chi connectivity index (χ3v) is 5.30. The predicted octanol–water partition coefficient (Wildman–Crippen LogP) is 4.23. The number of nitrogens with zero attached hydrogens (tertiary/aromatic N) is 1. The highest BCUT2D eigenvalue weighted by atomic mass is 15.2. The molecule has 1 nitrogen and oxygen atoms in total. The molecule has 0 radical (unpaired) electrons. The lowest BCUT2D eigenvalue weighted by atomic mass is 9.78. The molecule has 1 saturated heterocycles. The van der Waals surface area contributed by atoms with Crippen LogP contribution in [-0.2, 0) is 6.54 Å². The number of likely N-dealkylation sites (tertiary alicyclic amines) is 1. The molecule has 0 N–H and O–H groups in total. The van der Waals surface area contributed by atoms with Crippen molar-refractivity contribution in [3.8, 4) is 0 Å². The monoisotopic (exact) mass is 243 g/mol. The summed E-state index contributed by atoms with van der Waals surface area (Å²) in [6.07, 6.45) is 8.57. The van der Waals surface area contributed by atoms with Crippen molar-refractivity contribution in [1.82, 2.24) is 4.90 Å². The Morgan fingerprint density at radius 3 is 2.61 bits per heavy atom. The second kappa shape index (κ2) is 5.05. The number of hydrogen-bond donors (Lipinski definition) is 0. The van der Waals surface area contributed by atoms with Gasteiger partial charge in [0.05, 0.1) is 0 Å². The molecule has 1 aromatic rings. The first kappa shape index (κ1) is 12.2. The van der Waals surface area contributed by atoms with Crippen LogP contribution in [0, 0.1) is 5.92 Å². The lowest BCUT2D eigenvalue weighted by molar-refractivity contribution is 0.0128. The first-order valence-electron chi connectivity index (χ1n) is 7.60. The number of rotatable bonds is 2. The van der Waals surface area contributed by atoms with Gasteiger partial charge < -0.3 is 0 Å². The molecular formula is C17H25N. The van der Waals surface area contributed by atoms with Crippen LogP contribution in [0.5, 0.6) is 0 Å². The van der Waals surface area contributed by atoms with Crippen LogP contribution < -0.4 is 0 Å². The molecule has 1 heterocycles. The molecule has 1 heteroatoms. The van der Waals surface area contributed by atoms with Gasteiger partial charge in [-0.3, -0.25) is 4.90 Å². The van der Waals surface area contributed by atoms with E-state index >= 15 is 0 Å². The molecule has 1 spiro atoms. The highest BCUT2D eigenvalue weighted by Gasteiger charge is 2.45. The number of benzene rings is 1. The molecule has 1 aliphatic carbocycles. The van der Waals surface area contributed by atoms with E-state index in [9.17, 15) is 0 Å². The molecule has 1 aliphatic heterocycles. The summed E-state index contributed by atoms with van der Waals surface area (Å²) in [6.45, 7) is 4.95. The van der Waals surface area contributed by atoms with E-state index in [2.05, 4.69) is 42.2 Å². The lowest BCUT2D eigenvalue weighted by Crippen LogP contribution is -2.52. The zero-order valence-electron chi connectivity index (χ0n) is 11.6. The third kappa shape index (κ3) is 2.09. The van der Waals surface area contributed by atoms with E-state index in [-0.39, 0.29) is 0 Å². The van der Waals surface area contributed by atoms with Gasteiger partial charge in [-0.1, -0.05) is 50.1 Å². The first-order chi connectivity index (χ1) is 8.81. The van der Waals surface area contributed by atoms with Gasteiger partial charge >= 0.3 is 0 Å². The second-order valence-corrected chi connectivity index (χ2v) is 6.26. The van der Waals surface area contributed by atoms with Crippen LogP contribution in [0.25, 0.3) is 0 Å². The van der Waals surface area contributed by atoms with Gasteiger partial charge in [-0.25, -0.2) is 0 Å². The van der Waals surface area contributed by atoms with E-state index in [1.54, 1.807) is 0 Å². The summed E-state index contributed by atoms with van der Waals surface area (Å²) in [7, 11) is 0. The van der Waals surface area contributed by atoms with Crippen LogP contribution in [0.3, 0.4) is 0 Å². The van der Waals surface area contributed by atoms with Gasteiger partial charge in [0.2, 0.25) is 0 Å². The van der Waals surface area contributed by atoms with Crippen molar-refractivity contribution in [3.63, 3.8) is 0 Å². The van der Waals surface area contributed by atoms with Crippen molar-refractivity contribution in [2.75, 3.05) is 6.54 Å². The van der Waals surface area contributed by atoms with Crippen molar-refractivity contribution in [2.45, 2.75) is 57.5 Å². The zero-order chi connectivity index (χ0) is 12.4. The van der Waals surface area contributed by atoms with E-state index in [0.717, 1.165) is 12.5 Å². The largest absolute Gasteiger partial charge is 0.293 e. The Hall–Kier alpha value is -0.820. The summed E-state index contributed by atoms with van der Waals surface area (Å²) in [5.41, 5.74) is 2.02. The number of hydrogen-bond acceptors (Lipinski definition) is 1. The van der Waals surface area contributed by atoms with Crippen LogP contribution in [-0.4, -0.2) is 17.0 Å². The molecule has 3 rings (SSSR count). The average Bonchev–Trinajstić information content (AvgIpc) is 2.76. The number of piperidine rings is 1. The summed E-state index contributed by atoms with van der Waals surface area (Å²) in [4.78, 5) is 2.81. The van der Waals surface area contributed by atoms with Crippen LogP contribution in [0.4, 0.5) is 0 Å². The Bertz CT molecular complexity index is 386. The minimum absolute atomic E-state index is 0.536. The normalized spacial score (nSPS) is 33.1. The van der Waals surface area contributed by atoms with Gasteiger partial charge in [0.1, 0.15) is 0 Å². The average molecular weight is 243 g/mol. The van der Waals surface area contributed by atoms with Gasteiger partial charge in [-0.2, -0.15) is 0 Å². The lowest BCUT2D eigenvalue weighted by Gasteiger charge is -2.48.